The highest BCUT2D eigenvalue weighted by molar-refractivity contribution is 6.04. The van der Waals surface area contributed by atoms with Crippen molar-refractivity contribution in [1.29, 1.82) is 0 Å². The zero-order chi connectivity index (χ0) is 15.4. The van der Waals surface area contributed by atoms with E-state index in [9.17, 15) is 14.0 Å². The Bertz CT molecular complexity index is 698. The van der Waals surface area contributed by atoms with Crippen LogP contribution in [0.1, 0.15) is 21.5 Å². The number of aryl methyl sites for hydroxylation is 1. The van der Waals surface area contributed by atoms with E-state index >= 15 is 0 Å². The van der Waals surface area contributed by atoms with Crippen molar-refractivity contribution in [2.75, 3.05) is 5.32 Å². The van der Waals surface area contributed by atoms with Gasteiger partial charge in [-0.3, -0.25) is 9.59 Å². The summed E-state index contributed by atoms with van der Waals surface area (Å²) in [5, 5.41) is 11.5. The number of hydrogen-bond donors (Lipinski definition) is 2. The Morgan fingerprint density at radius 1 is 1.19 bits per heavy atom. The quantitative estimate of drug-likeness (QED) is 0.908. The summed E-state index contributed by atoms with van der Waals surface area (Å²) < 4.78 is 13.5. The molecule has 0 atom stereocenters. The number of amides is 1. The Morgan fingerprint density at radius 2 is 1.90 bits per heavy atom. The number of carbonyl (C=O) groups excluding carboxylic acids is 1. The van der Waals surface area contributed by atoms with Gasteiger partial charge in [0.2, 0.25) is 0 Å². The zero-order valence-corrected chi connectivity index (χ0v) is 11.4. The minimum Gasteiger partial charge on any atom is -0.481 e. The first-order chi connectivity index (χ1) is 9.97. The minimum absolute atomic E-state index is 0.184. The number of carboxylic acids is 1. The lowest BCUT2D eigenvalue weighted by Crippen LogP contribution is -2.14. The Kier molecular flexibility index (Phi) is 4.33. The number of rotatable bonds is 4. The second kappa shape index (κ2) is 6.17. The van der Waals surface area contributed by atoms with Gasteiger partial charge in [-0.15, -0.1) is 0 Å². The van der Waals surface area contributed by atoms with Crippen molar-refractivity contribution >= 4 is 17.6 Å². The van der Waals surface area contributed by atoms with Gasteiger partial charge in [0.15, 0.2) is 0 Å². The zero-order valence-electron chi connectivity index (χ0n) is 11.4. The lowest BCUT2D eigenvalue weighted by atomic mass is 10.1. The highest BCUT2D eigenvalue weighted by Crippen LogP contribution is 2.18. The molecule has 0 aromatic heterocycles. The third-order valence-electron chi connectivity index (χ3n) is 3.04. The number of nitrogens with one attached hydrogen (secondary N) is 1. The van der Waals surface area contributed by atoms with Crippen molar-refractivity contribution in [2.24, 2.45) is 0 Å². The second-order valence-corrected chi connectivity index (χ2v) is 4.65. The van der Waals surface area contributed by atoms with Crippen molar-refractivity contribution < 1.29 is 19.1 Å². The van der Waals surface area contributed by atoms with Gasteiger partial charge in [0.05, 0.1) is 6.42 Å². The molecular formula is C16H14FNO3. The van der Waals surface area contributed by atoms with Crippen LogP contribution in [0, 0.1) is 12.7 Å². The van der Waals surface area contributed by atoms with E-state index < -0.39 is 17.7 Å². The normalized spacial score (nSPS) is 10.2. The Labute approximate surface area is 121 Å². The number of hydrogen-bond acceptors (Lipinski definition) is 2. The standard InChI is InChI=1S/C16H14FNO3/c1-10-6-7-12(8-13(10)17)16(21)18-14-5-3-2-4-11(14)9-15(19)20/h2-8H,9H2,1H3,(H,18,21)(H,19,20). The molecule has 5 heteroatoms. The molecule has 1 amide bonds. The number of anilines is 1. The fraction of sp³-hybridized carbons (Fsp3) is 0.125. The molecule has 0 aliphatic rings. The molecule has 0 bridgehead atoms. The molecule has 0 fully saturated rings. The predicted octanol–water partition coefficient (Wildman–Crippen LogP) is 3.01. The maximum absolute atomic E-state index is 13.5. The van der Waals surface area contributed by atoms with Gasteiger partial charge in [0.1, 0.15) is 5.82 Å². The van der Waals surface area contributed by atoms with Crippen LogP contribution < -0.4 is 5.32 Å². The SMILES string of the molecule is Cc1ccc(C(=O)Nc2ccccc2CC(=O)O)cc1F. The van der Waals surface area contributed by atoms with Crippen LogP contribution in [0.2, 0.25) is 0 Å². The van der Waals surface area contributed by atoms with Gasteiger partial charge in [-0.1, -0.05) is 24.3 Å². The summed E-state index contributed by atoms with van der Waals surface area (Å²) in [6.45, 7) is 1.61. The van der Waals surface area contributed by atoms with Crippen LogP contribution in [-0.4, -0.2) is 17.0 Å². The van der Waals surface area contributed by atoms with E-state index in [4.69, 9.17) is 5.11 Å². The van der Waals surface area contributed by atoms with Crippen molar-refractivity contribution in [3.63, 3.8) is 0 Å². The first-order valence-electron chi connectivity index (χ1n) is 6.34. The van der Waals surface area contributed by atoms with Crippen LogP contribution in [-0.2, 0) is 11.2 Å². The molecule has 2 aromatic carbocycles. The van der Waals surface area contributed by atoms with Crippen molar-refractivity contribution in [1.82, 2.24) is 0 Å². The third kappa shape index (κ3) is 3.66. The molecule has 108 valence electrons. The van der Waals surface area contributed by atoms with E-state index in [1.54, 1.807) is 31.2 Å². The molecule has 2 N–H and O–H groups in total. The second-order valence-electron chi connectivity index (χ2n) is 4.65. The maximum Gasteiger partial charge on any atom is 0.307 e. The molecule has 0 heterocycles. The van der Waals surface area contributed by atoms with Crippen molar-refractivity contribution in [2.45, 2.75) is 13.3 Å². The molecule has 0 saturated carbocycles. The van der Waals surface area contributed by atoms with Crippen LogP contribution in [0.3, 0.4) is 0 Å². The molecule has 0 spiro atoms. The summed E-state index contributed by atoms with van der Waals surface area (Å²) in [5.41, 5.74) is 1.54. The van der Waals surface area contributed by atoms with Gasteiger partial charge < -0.3 is 10.4 Å². The molecule has 0 saturated heterocycles. The smallest absolute Gasteiger partial charge is 0.307 e. The number of carboxylic acid groups (broad SMARTS) is 1. The first-order valence-corrected chi connectivity index (χ1v) is 6.34. The Balaban J connectivity index is 2.23. The van der Waals surface area contributed by atoms with Gasteiger partial charge in [0.25, 0.3) is 5.91 Å². The number of carbonyl (C=O) groups is 2. The van der Waals surface area contributed by atoms with Crippen LogP contribution >= 0.6 is 0 Å². The Morgan fingerprint density at radius 3 is 2.57 bits per heavy atom. The Hall–Kier alpha value is -2.69. The van der Waals surface area contributed by atoms with Crippen molar-refractivity contribution in [3.8, 4) is 0 Å². The van der Waals surface area contributed by atoms with Gasteiger partial charge in [-0.05, 0) is 36.2 Å². The van der Waals surface area contributed by atoms with E-state index in [-0.39, 0.29) is 12.0 Å². The lowest BCUT2D eigenvalue weighted by molar-refractivity contribution is -0.136. The summed E-state index contributed by atoms with van der Waals surface area (Å²) in [6.07, 6.45) is -0.196. The van der Waals surface area contributed by atoms with E-state index in [1.165, 1.54) is 12.1 Å². The molecular weight excluding hydrogens is 273 g/mol. The molecule has 0 aliphatic heterocycles. The third-order valence-corrected chi connectivity index (χ3v) is 3.04. The van der Waals surface area contributed by atoms with E-state index in [0.29, 0.717) is 16.8 Å². The summed E-state index contributed by atoms with van der Waals surface area (Å²) >= 11 is 0. The van der Waals surface area contributed by atoms with Crippen LogP contribution in [0.15, 0.2) is 42.5 Å². The van der Waals surface area contributed by atoms with Gasteiger partial charge in [-0.25, -0.2) is 4.39 Å². The fourth-order valence-electron chi connectivity index (χ4n) is 1.89. The van der Waals surface area contributed by atoms with Gasteiger partial charge in [-0.2, -0.15) is 0 Å². The maximum atomic E-state index is 13.5. The molecule has 0 unspecified atom stereocenters. The topological polar surface area (TPSA) is 66.4 Å². The first kappa shape index (κ1) is 14.7. The highest BCUT2D eigenvalue weighted by atomic mass is 19.1. The molecule has 0 aliphatic carbocycles. The average molecular weight is 287 g/mol. The number of benzene rings is 2. The predicted molar refractivity (Wildman–Crippen MR) is 76.9 cm³/mol. The molecule has 4 nitrogen and oxygen atoms in total. The summed E-state index contributed by atoms with van der Waals surface area (Å²) in [7, 11) is 0. The average Bonchev–Trinajstić information content (AvgIpc) is 2.43. The number of aliphatic carboxylic acids is 1. The molecule has 21 heavy (non-hydrogen) atoms. The van der Waals surface area contributed by atoms with E-state index in [1.807, 2.05) is 0 Å². The fourth-order valence-corrected chi connectivity index (χ4v) is 1.89. The minimum atomic E-state index is -0.988. The largest absolute Gasteiger partial charge is 0.481 e. The van der Waals surface area contributed by atoms with Gasteiger partial charge >= 0.3 is 5.97 Å². The highest BCUT2D eigenvalue weighted by Gasteiger charge is 2.12. The monoisotopic (exact) mass is 287 g/mol. The molecule has 2 aromatic rings. The summed E-state index contributed by atoms with van der Waals surface area (Å²) in [6, 6.07) is 10.8. The van der Waals surface area contributed by atoms with Crippen LogP contribution in [0.25, 0.3) is 0 Å². The van der Waals surface area contributed by atoms with Crippen LogP contribution in [0.5, 0.6) is 0 Å². The van der Waals surface area contributed by atoms with E-state index in [0.717, 1.165) is 6.07 Å². The number of para-hydroxylation sites is 1. The van der Waals surface area contributed by atoms with E-state index in [2.05, 4.69) is 5.32 Å². The van der Waals surface area contributed by atoms with Crippen LogP contribution in [0.4, 0.5) is 10.1 Å². The number of halogens is 1. The molecule has 0 radical (unpaired) electrons. The van der Waals surface area contributed by atoms with Crippen molar-refractivity contribution in [3.05, 3.63) is 65.0 Å². The summed E-state index contributed by atoms with van der Waals surface area (Å²) in [5.74, 6) is -1.92. The lowest BCUT2D eigenvalue weighted by Gasteiger charge is -2.10. The summed E-state index contributed by atoms with van der Waals surface area (Å²) in [4.78, 5) is 22.9. The van der Waals surface area contributed by atoms with Gasteiger partial charge in [0, 0.05) is 11.3 Å². The molecule has 2 rings (SSSR count).